The fourth-order valence-corrected chi connectivity index (χ4v) is 5.79. The van der Waals surface area contributed by atoms with Crippen molar-refractivity contribution in [2.75, 3.05) is 12.5 Å². The molecule has 0 radical (unpaired) electrons. The summed E-state index contributed by atoms with van der Waals surface area (Å²) in [6, 6.07) is 0.215. The average molecular weight is 367 g/mol. The largest absolute Gasteiger partial charge is 0.213 e. The zero-order chi connectivity index (χ0) is 17.1. The van der Waals surface area contributed by atoms with E-state index in [2.05, 4.69) is 9.44 Å². The van der Waals surface area contributed by atoms with Gasteiger partial charge < -0.3 is 0 Å². The third-order valence-electron chi connectivity index (χ3n) is 5.12. The Hall–Kier alpha value is -0.180. The van der Waals surface area contributed by atoms with Gasteiger partial charge in [-0.2, -0.15) is 0 Å². The Bertz CT molecular complexity index is 521. The standard InChI is InChI=1S/C15H30N2O4S2/c1-22(18,19)16-14-7-3-12(4-8-14)11-13-5-9-15(10-6-13)17-23(2,20)21/h12-17H,3-11H2,1-2H3. The fourth-order valence-electron chi connectivity index (χ4n) is 4.11. The maximum atomic E-state index is 11.3. The molecule has 23 heavy (non-hydrogen) atoms. The highest BCUT2D eigenvalue weighted by Gasteiger charge is 2.28. The van der Waals surface area contributed by atoms with Crippen LogP contribution < -0.4 is 9.44 Å². The second-order valence-corrected chi connectivity index (χ2v) is 11.0. The maximum absolute atomic E-state index is 11.3. The third kappa shape index (κ3) is 7.49. The molecule has 0 bridgehead atoms. The Balaban J connectivity index is 1.68. The van der Waals surface area contributed by atoms with Crippen LogP contribution in [0.2, 0.25) is 0 Å². The Morgan fingerprint density at radius 2 is 0.957 bits per heavy atom. The number of hydrogen-bond donors (Lipinski definition) is 2. The Morgan fingerprint density at radius 3 is 1.22 bits per heavy atom. The van der Waals surface area contributed by atoms with Crippen molar-refractivity contribution >= 4 is 20.0 Å². The van der Waals surface area contributed by atoms with Crippen LogP contribution in [-0.2, 0) is 20.0 Å². The van der Waals surface area contributed by atoms with E-state index in [1.165, 1.54) is 18.9 Å². The van der Waals surface area contributed by atoms with Gasteiger partial charge in [0.15, 0.2) is 0 Å². The lowest BCUT2D eigenvalue weighted by Crippen LogP contribution is -2.38. The molecule has 6 nitrogen and oxygen atoms in total. The lowest BCUT2D eigenvalue weighted by atomic mass is 9.76. The topological polar surface area (TPSA) is 92.3 Å². The first-order valence-corrected chi connectivity index (χ1v) is 12.3. The quantitative estimate of drug-likeness (QED) is 0.747. The van der Waals surface area contributed by atoms with E-state index >= 15 is 0 Å². The SMILES string of the molecule is CS(=O)(=O)NC1CCC(CC2CCC(NS(C)(=O)=O)CC2)CC1. The first-order chi connectivity index (χ1) is 10.6. The van der Waals surface area contributed by atoms with Gasteiger partial charge in [-0.15, -0.1) is 0 Å². The smallest absolute Gasteiger partial charge is 0.208 e. The highest BCUT2D eigenvalue weighted by atomic mass is 32.2. The fraction of sp³-hybridized carbons (Fsp3) is 1.00. The van der Waals surface area contributed by atoms with E-state index < -0.39 is 20.0 Å². The van der Waals surface area contributed by atoms with E-state index in [0.29, 0.717) is 11.8 Å². The van der Waals surface area contributed by atoms with Crippen molar-refractivity contribution in [3.05, 3.63) is 0 Å². The molecule has 0 aliphatic heterocycles. The van der Waals surface area contributed by atoms with Gasteiger partial charge in [0, 0.05) is 12.1 Å². The summed E-state index contributed by atoms with van der Waals surface area (Å²) in [4.78, 5) is 0. The molecular formula is C15H30N2O4S2. The molecule has 2 rings (SSSR count). The van der Waals surface area contributed by atoms with E-state index in [1.807, 2.05) is 0 Å². The molecule has 0 saturated heterocycles. The van der Waals surface area contributed by atoms with Crippen LogP contribution in [0.5, 0.6) is 0 Å². The molecule has 0 unspecified atom stereocenters. The molecule has 2 aliphatic rings. The molecule has 2 aliphatic carbocycles. The van der Waals surface area contributed by atoms with E-state index in [0.717, 1.165) is 51.4 Å². The van der Waals surface area contributed by atoms with Crippen LogP contribution in [0, 0.1) is 11.8 Å². The van der Waals surface area contributed by atoms with Gasteiger partial charge in [0.1, 0.15) is 0 Å². The number of sulfonamides is 2. The molecule has 0 aromatic carbocycles. The van der Waals surface area contributed by atoms with Crippen molar-refractivity contribution in [3.8, 4) is 0 Å². The Kier molecular flexibility index (Phi) is 6.49. The molecule has 136 valence electrons. The Labute approximate surface area is 140 Å². The summed E-state index contributed by atoms with van der Waals surface area (Å²) in [6.07, 6.45) is 11.8. The molecule has 2 saturated carbocycles. The van der Waals surface area contributed by atoms with Crippen molar-refractivity contribution in [3.63, 3.8) is 0 Å². The molecular weight excluding hydrogens is 336 g/mol. The zero-order valence-corrected chi connectivity index (χ0v) is 15.8. The molecule has 0 spiro atoms. The van der Waals surface area contributed by atoms with E-state index in [4.69, 9.17) is 0 Å². The zero-order valence-electron chi connectivity index (χ0n) is 14.1. The second kappa shape index (κ2) is 7.80. The monoisotopic (exact) mass is 366 g/mol. The van der Waals surface area contributed by atoms with Crippen LogP contribution in [0.3, 0.4) is 0 Å². The van der Waals surface area contributed by atoms with Gasteiger partial charge in [0.25, 0.3) is 0 Å². The van der Waals surface area contributed by atoms with Crippen LogP contribution in [0.4, 0.5) is 0 Å². The van der Waals surface area contributed by atoms with Crippen molar-refractivity contribution in [2.45, 2.75) is 69.9 Å². The van der Waals surface area contributed by atoms with Crippen LogP contribution in [-0.4, -0.2) is 41.4 Å². The van der Waals surface area contributed by atoms with E-state index in [1.54, 1.807) is 0 Å². The summed E-state index contributed by atoms with van der Waals surface area (Å²) in [5.41, 5.74) is 0. The maximum Gasteiger partial charge on any atom is 0.208 e. The van der Waals surface area contributed by atoms with E-state index in [9.17, 15) is 16.8 Å². The first-order valence-electron chi connectivity index (χ1n) is 8.55. The average Bonchev–Trinajstić information content (AvgIpc) is 2.40. The minimum absolute atomic E-state index is 0.107. The third-order valence-corrected chi connectivity index (χ3v) is 6.64. The molecule has 0 heterocycles. The predicted octanol–water partition coefficient (Wildman–Crippen LogP) is 1.59. The molecule has 0 atom stereocenters. The van der Waals surface area contributed by atoms with Gasteiger partial charge in [0.05, 0.1) is 12.5 Å². The van der Waals surface area contributed by atoms with Crippen LogP contribution in [0.1, 0.15) is 57.8 Å². The second-order valence-electron chi connectivity index (χ2n) is 7.45. The van der Waals surface area contributed by atoms with Crippen molar-refractivity contribution in [1.82, 2.24) is 9.44 Å². The van der Waals surface area contributed by atoms with Crippen molar-refractivity contribution in [1.29, 1.82) is 0 Å². The number of nitrogens with one attached hydrogen (secondary N) is 2. The summed E-state index contributed by atoms with van der Waals surface area (Å²) in [7, 11) is -6.19. The van der Waals surface area contributed by atoms with Crippen molar-refractivity contribution < 1.29 is 16.8 Å². The molecule has 2 fully saturated rings. The van der Waals surface area contributed by atoms with Gasteiger partial charge in [-0.25, -0.2) is 26.3 Å². The van der Waals surface area contributed by atoms with Crippen LogP contribution >= 0.6 is 0 Å². The van der Waals surface area contributed by atoms with Gasteiger partial charge in [-0.05, 0) is 69.6 Å². The lowest BCUT2D eigenvalue weighted by Gasteiger charge is -2.34. The van der Waals surface area contributed by atoms with Crippen molar-refractivity contribution in [2.24, 2.45) is 11.8 Å². The molecule has 2 N–H and O–H groups in total. The van der Waals surface area contributed by atoms with Gasteiger partial charge in [-0.1, -0.05) is 0 Å². The summed E-state index contributed by atoms with van der Waals surface area (Å²) in [5.74, 6) is 1.38. The predicted molar refractivity (Wildman–Crippen MR) is 92.1 cm³/mol. The highest BCUT2D eigenvalue weighted by Crippen LogP contribution is 2.35. The molecule has 0 aromatic rings. The van der Waals surface area contributed by atoms with Gasteiger partial charge >= 0.3 is 0 Å². The summed E-state index contributed by atoms with van der Waals surface area (Å²) in [5, 5.41) is 0. The number of rotatable bonds is 6. The van der Waals surface area contributed by atoms with Crippen LogP contribution in [0.15, 0.2) is 0 Å². The summed E-state index contributed by atoms with van der Waals surface area (Å²) >= 11 is 0. The minimum atomic E-state index is -3.10. The molecule has 0 aromatic heterocycles. The van der Waals surface area contributed by atoms with Gasteiger partial charge in [0.2, 0.25) is 20.0 Å². The Morgan fingerprint density at radius 1 is 0.652 bits per heavy atom. The van der Waals surface area contributed by atoms with Crippen LogP contribution in [0.25, 0.3) is 0 Å². The molecule has 0 amide bonds. The molecule has 8 heteroatoms. The minimum Gasteiger partial charge on any atom is -0.213 e. The number of hydrogen-bond acceptors (Lipinski definition) is 4. The highest BCUT2D eigenvalue weighted by molar-refractivity contribution is 7.89. The van der Waals surface area contributed by atoms with E-state index in [-0.39, 0.29) is 12.1 Å². The van der Waals surface area contributed by atoms with Gasteiger partial charge in [-0.3, -0.25) is 0 Å². The lowest BCUT2D eigenvalue weighted by molar-refractivity contribution is 0.218. The normalized spacial score (nSPS) is 33.5. The summed E-state index contributed by atoms with van der Waals surface area (Å²) < 4.78 is 50.5. The first kappa shape index (κ1) is 19.1. The summed E-state index contributed by atoms with van der Waals surface area (Å²) in [6.45, 7) is 0.